The van der Waals surface area contributed by atoms with E-state index in [1.165, 1.54) is 12.1 Å². The first-order valence-corrected chi connectivity index (χ1v) is 4.64. The molecule has 0 spiro atoms. The average molecular weight is 226 g/mol. The van der Waals surface area contributed by atoms with Gasteiger partial charge in [-0.1, -0.05) is 0 Å². The monoisotopic (exact) mass is 225 g/mol. The number of rotatable bonds is 3. The number of alkyl halides is 1. The van der Waals surface area contributed by atoms with E-state index in [-0.39, 0.29) is 29.2 Å². The summed E-state index contributed by atoms with van der Waals surface area (Å²) in [4.78, 5) is 10.5. The van der Waals surface area contributed by atoms with Gasteiger partial charge in [0.15, 0.2) is 0 Å². The van der Waals surface area contributed by atoms with Crippen LogP contribution < -0.4 is 0 Å². The molecule has 0 aliphatic rings. The molecule has 0 amide bonds. The molecule has 1 rings (SSSR count). The van der Waals surface area contributed by atoms with Crippen LogP contribution in [-0.2, 0) is 17.1 Å². The Morgan fingerprint density at radius 1 is 1.47 bits per heavy atom. The molecule has 0 atom stereocenters. The molecule has 0 heterocycles. The van der Waals surface area contributed by atoms with Crippen molar-refractivity contribution in [3.63, 3.8) is 0 Å². The van der Waals surface area contributed by atoms with Crippen molar-refractivity contribution in [1.82, 2.24) is 0 Å². The van der Waals surface area contributed by atoms with Crippen LogP contribution in [0, 0.1) is 11.3 Å². The Bertz CT molecular complexity index is 437. The Balaban J connectivity index is 3.21. The van der Waals surface area contributed by atoms with Gasteiger partial charge in [0.2, 0.25) is 0 Å². The van der Waals surface area contributed by atoms with Gasteiger partial charge in [-0.3, -0.25) is 4.79 Å². The smallest absolute Gasteiger partial charge is 0.307 e. The second-order valence-electron chi connectivity index (χ2n) is 2.95. The molecule has 0 radical (unpaired) electrons. The van der Waals surface area contributed by atoms with Crippen LogP contribution in [0.1, 0.15) is 16.7 Å². The van der Waals surface area contributed by atoms with Crippen LogP contribution in [0.2, 0.25) is 0 Å². The first-order chi connectivity index (χ1) is 7.08. The number of hydrogen-bond acceptors (Lipinski definition) is 3. The van der Waals surface area contributed by atoms with Crippen molar-refractivity contribution in [2.75, 3.05) is 0 Å². The van der Waals surface area contributed by atoms with Gasteiger partial charge >= 0.3 is 5.97 Å². The molecule has 15 heavy (non-hydrogen) atoms. The molecule has 78 valence electrons. The lowest BCUT2D eigenvalue weighted by molar-refractivity contribution is -0.136. The Kier molecular flexibility index (Phi) is 3.53. The van der Waals surface area contributed by atoms with Crippen molar-refractivity contribution in [2.24, 2.45) is 0 Å². The third kappa shape index (κ3) is 2.61. The SMILES string of the molecule is N#Cc1cc(O)c(CC(=O)O)cc1CCl. The molecule has 5 heteroatoms. The van der Waals surface area contributed by atoms with E-state index in [0.717, 1.165) is 0 Å². The highest BCUT2D eigenvalue weighted by molar-refractivity contribution is 6.17. The number of nitrogens with zero attached hydrogens (tertiary/aromatic N) is 1. The molecule has 0 fully saturated rings. The first kappa shape index (κ1) is 11.3. The largest absolute Gasteiger partial charge is 0.508 e. The zero-order chi connectivity index (χ0) is 11.4. The highest BCUT2D eigenvalue weighted by Gasteiger charge is 2.11. The summed E-state index contributed by atoms with van der Waals surface area (Å²) in [5, 5.41) is 26.7. The Morgan fingerprint density at radius 3 is 2.60 bits per heavy atom. The summed E-state index contributed by atoms with van der Waals surface area (Å²) in [6.07, 6.45) is -0.290. The predicted octanol–water partition coefficient (Wildman–Crippen LogP) is 1.63. The fraction of sp³-hybridized carbons (Fsp3) is 0.200. The van der Waals surface area contributed by atoms with Gasteiger partial charge in [0.25, 0.3) is 0 Å². The van der Waals surface area contributed by atoms with Crippen LogP contribution in [0.15, 0.2) is 12.1 Å². The molecule has 0 aromatic heterocycles. The third-order valence-electron chi connectivity index (χ3n) is 1.91. The zero-order valence-electron chi connectivity index (χ0n) is 7.70. The molecule has 0 bridgehead atoms. The van der Waals surface area contributed by atoms with E-state index in [4.69, 9.17) is 22.0 Å². The number of hydrogen-bond donors (Lipinski definition) is 2. The van der Waals surface area contributed by atoms with Crippen LogP contribution in [0.25, 0.3) is 0 Å². The number of carboxylic acid groups (broad SMARTS) is 1. The lowest BCUT2D eigenvalue weighted by Gasteiger charge is -2.06. The highest BCUT2D eigenvalue weighted by atomic mass is 35.5. The molecule has 1 aromatic rings. The molecule has 0 unspecified atom stereocenters. The number of aromatic hydroxyl groups is 1. The first-order valence-electron chi connectivity index (χ1n) is 4.11. The summed E-state index contributed by atoms with van der Waals surface area (Å²) in [5.74, 6) is -1.13. The lowest BCUT2D eigenvalue weighted by Crippen LogP contribution is -2.01. The van der Waals surface area contributed by atoms with Crippen LogP contribution in [0.5, 0.6) is 5.75 Å². The molecule has 0 saturated carbocycles. The van der Waals surface area contributed by atoms with E-state index >= 15 is 0 Å². The van der Waals surface area contributed by atoms with E-state index < -0.39 is 5.97 Å². The van der Waals surface area contributed by atoms with Gasteiger partial charge in [0.05, 0.1) is 18.1 Å². The molecule has 0 saturated heterocycles. The summed E-state index contributed by atoms with van der Waals surface area (Å²) in [6, 6.07) is 4.55. The van der Waals surface area contributed by atoms with Gasteiger partial charge in [-0.2, -0.15) is 5.26 Å². The second kappa shape index (κ2) is 4.67. The minimum absolute atomic E-state index is 0.107. The van der Waals surface area contributed by atoms with Crippen LogP contribution >= 0.6 is 11.6 Å². The average Bonchev–Trinajstić information content (AvgIpc) is 2.19. The maximum atomic E-state index is 10.5. The van der Waals surface area contributed by atoms with Gasteiger partial charge in [-0.15, -0.1) is 11.6 Å². The summed E-state index contributed by atoms with van der Waals surface area (Å²) in [7, 11) is 0. The summed E-state index contributed by atoms with van der Waals surface area (Å²) in [5.41, 5.74) is 1.04. The Hall–Kier alpha value is -1.73. The number of carboxylic acids is 1. The lowest BCUT2D eigenvalue weighted by atomic mass is 10.0. The van der Waals surface area contributed by atoms with Crippen molar-refractivity contribution < 1.29 is 15.0 Å². The fourth-order valence-corrected chi connectivity index (χ4v) is 1.42. The second-order valence-corrected chi connectivity index (χ2v) is 3.22. The maximum absolute atomic E-state index is 10.5. The quantitative estimate of drug-likeness (QED) is 0.766. The molecule has 1 aromatic carbocycles. The third-order valence-corrected chi connectivity index (χ3v) is 2.20. The molecule has 0 aliphatic heterocycles. The maximum Gasteiger partial charge on any atom is 0.307 e. The van der Waals surface area contributed by atoms with Crippen molar-refractivity contribution in [3.05, 3.63) is 28.8 Å². The number of phenolic OH excluding ortho intramolecular Hbond substituents is 1. The number of benzene rings is 1. The van der Waals surface area contributed by atoms with E-state index in [1.807, 2.05) is 6.07 Å². The zero-order valence-corrected chi connectivity index (χ0v) is 8.45. The predicted molar refractivity (Wildman–Crippen MR) is 53.7 cm³/mol. The van der Waals surface area contributed by atoms with Crippen molar-refractivity contribution in [1.29, 1.82) is 5.26 Å². The molecular formula is C10H8ClNO3. The topological polar surface area (TPSA) is 81.3 Å². The minimum Gasteiger partial charge on any atom is -0.508 e. The van der Waals surface area contributed by atoms with Gasteiger partial charge in [0, 0.05) is 11.4 Å². The van der Waals surface area contributed by atoms with Crippen molar-refractivity contribution >= 4 is 17.6 Å². The number of nitriles is 1. The molecule has 2 N–H and O–H groups in total. The Labute approximate surface area is 91.3 Å². The van der Waals surface area contributed by atoms with E-state index in [2.05, 4.69) is 0 Å². The van der Waals surface area contributed by atoms with E-state index in [1.54, 1.807) is 0 Å². The van der Waals surface area contributed by atoms with Gasteiger partial charge in [-0.05, 0) is 17.7 Å². The number of aliphatic carboxylic acids is 1. The summed E-state index contributed by atoms with van der Waals surface area (Å²) in [6.45, 7) is 0. The van der Waals surface area contributed by atoms with Crippen molar-refractivity contribution in [2.45, 2.75) is 12.3 Å². The number of carbonyl (C=O) groups is 1. The summed E-state index contributed by atoms with van der Waals surface area (Å²) >= 11 is 5.59. The van der Waals surface area contributed by atoms with Crippen LogP contribution in [0.4, 0.5) is 0 Å². The van der Waals surface area contributed by atoms with Crippen LogP contribution in [0.3, 0.4) is 0 Å². The van der Waals surface area contributed by atoms with E-state index in [9.17, 15) is 9.90 Å². The van der Waals surface area contributed by atoms with Gasteiger partial charge in [0.1, 0.15) is 5.75 Å². The van der Waals surface area contributed by atoms with Gasteiger partial charge < -0.3 is 10.2 Å². The highest BCUT2D eigenvalue weighted by Crippen LogP contribution is 2.24. The molecule has 0 aliphatic carbocycles. The van der Waals surface area contributed by atoms with E-state index in [0.29, 0.717) is 5.56 Å². The summed E-state index contributed by atoms with van der Waals surface area (Å²) < 4.78 is 0. The normalized spacial score (nSPS) is 9.60. The molecular weight excluding hydrogens is 218 g/mol. The standard InChI is InChI=1S/C10H8ClNO3/c11-4-7-1-6(3-10(14)15)9(13)2-8(7)5-12/h1-2,13H,3-4H2,(H,14,15). The fourth-order valence-electron chi connectivity index (χ4n) is 1.20. The Morgan fingerprint density at radius 2 is 2.13 bits per heavy atom. The van der Waals surface area contributed by atoms with Crippen LogP contribution in [-0.4, -0.2) is 16.2 Å². The molecule has 4 nitrogen and oxygen atoms in total. The van der Waals surface area contributed by atoms with Gasteiger partial charge in [-0.25, -0.2) is 0 Å². The van der Waals surface area contributed by atoms with Crippen molar-refractivity contribution in [3.8, 4) is 11.8 Å². The minimum atomic E-state index is -1.05. The number of halogens is 1. The number of phenols is 1.